The summed E-state index contributed by atoms with van der Waals surface area (Å²) < 4.78 is 5.60. The normalized spacial score (nSPS) is 12.8. The molecule has 5 heteroatoms. The Labute approximate surface area is 143 Å². The highest BCUT2D eigenvalue weighted by Gasteiger charge is 2.23. The molecule has 0 saturated carbocycles. The quantitative estimate of drug-likeness (QED) is 0.541. The molecule has 0 N–H and O–H groups in total. The van der Waals surface area contributed by atoms with Gasteiger partial charge in [-0.2, -0.15) is 0 Å². The van der Waals surface area contributed by atoms with E-state index in [1.165, 1.54) is 23.5 Å². The van der Waals surface area contributed by atoms with Crippen molar-refractivity contribution in [2.75, 3.05) is 12.4 Å². The fraction of sp³-hybridized carbons (Fsp3) is 0.647. The molecule has 0 spiro atoms. The molecule has 0 bridgehead atoms. The van der Waals surface area contributed by atoms with E-state index in [1.807, 2.05) is 20.8 Å². The van der Waals surface area contributed by atoms with E-state index in [4.69, 9.17) is 4.74 Å². The molecule has 3 nitrogen and oxygen atoms in total. The molecule has 0 heterocycles. The number of hydrogen-bond acceptors (Lipinski definition) is 5. The van der Waals surface area contributed by atoms with Crippen LogP contribution in [0.4, 0.5) is 0 Å². The number of carbonyl (C=O) groups is 2. The highest BCUT2D eigenvalue weighted by atomic mass is 32.2. The van der Waals surface area contributed by atoms with E-state index < -0.39 is 0 Å². The molecule has 0 aliphatic heterocycles. The summed E-state index contributed by atoms with van der Waals surface area (Å²) >= 11 is 2.60. The van der Waals surface area contributed by atoms with Gasteiger partial charge >= 0.3 is 0 Å². The average Bonchev–Trinajstić information content (AvgIpc) is 2.37. The lowest BCUT2D eigenvalue weighted by Gasteiger charge is -2.24. The van der Waals surface area contributed by atoms with Crippen LogP contribution in [-0.4, -0.2) is 33.4 Å². The van der Waals surface area contributed by atoms with Crippen molar-refractivity contribution < 1.29 is 14.3 Å². The van der Waals surface area contributed by atoms with Crippen molar-refractivity contribution in [3.05, 3.63) is 24.3 Å². The van der Waals surface area contributed by atoms with Gasteiger partial charge in [-0.15, -0.1) is 0 Å². The minimum atomic E-state index is -0.166. The van der Waals surface area contributed by atoms with Crippen LogP contribution in [0.3, 0.4) is 0 Å². The molecule has 0 aliphatic carbocycles. The average molecular weight is 345 g/mol. The summed E-state index contributed by atoms with van der Waals surface area (Å²) in [6, 6.07) is 0. The van der Waals surface area contributed by atoms with Crippen molar-refractivity contribution in [2.45, 2.75) is 58.3 Å². The maximum absolute atomic E-state index is 11.7. The zero-order chi connectivity index (χ0) is 17.3. The van der Waals surface area contributed by atoms with Crippen LogP contribution in [-0.2, 0) is 14.3 Å². The summed E-state index contributed by atoms with van der Waals surface area (Å²) in [5.74, 6) is 0.735. The van der Waals surface area contributed by atoms with Gasteiger partial charge in [0.25, 0.3) is 0 Å². The molecule has 126 valence electrons. The Balaban J connectivity index is 3.93. The second kappa shape index (κ2) is 10.3. The van der Waals surface area contributed by atoms with Gasteiger partial charge in [-0.3, -0.25) is 9.59 Å². The Hall–Kier alpha value is -0.520. The smallest absolute Gasteiger partial charge is 0.214 e. The zero-order valence-electron chi connectivity index (χ0n) is 14.4. The topological polar surface area (TPSA) is 43.4 Å². The number of ether oxygens (including phenoxy) is 1. The zero-order valence-corrected chi connectivity index (χ0v) is 16.0. The third-order valence-electron chi connectivity index (χ3n) is 2.93. The Morgan fingerprint density at radius 3 is 2.18 bits per heavy atom. The standard InChI is InChI=1S/C17H28O3S2/c1-12(2)15(18)21-11-8-14(5)20-10-9-17(6,7)22-16(19)13(3)4/h14H,1,3,8-11H2,2,4-7H3. The monoisotopic (exact) mass is 344 g/mol. The van der Waals surface area contributed by atoms with Crippen molar-refractivity contribution in [3.63, 3.8) is 0 Å². The van der Waals surface area contributed by atoms with Crippen LogP contribution in [0, 0.1) is 0 Å². The summed E-state index contributed by atoms with van der Waals surface area (Å²) in [4.78, 5) is 23.1. The fourth-order valence-corrected chi connectivity index (χ4v) is 3.16. The van der Waals surface area contributed by atoms with Crippen LogP contribution in [0.2, 0.25) is 0 Å². The first-order valence-corrected chi connectivity index (χ1v) is 9.18. The van der Waals surface area contributed by atoms with Crippen LogP contribution in [0.25, 0.3) is 0 Å². The molecule has 0 saturated heterocycles. The Kier molecular flexibility index (Phi) is 10.0. The van der Waals surface area contributed by atoms with Gasteiger partial charge in [0, 0.05) is 17.1 Å². The molecule has 22 heavy (non-hydrogen) atoms. The summed E-state index contributed by atoms with van der Waals surface area (Å²) in [6.45, 7) is 17.4. The molecule has 1 unspecified atom stereocenters. The summed E-state index contributed by atoms with van der Waals surface area (Å²) in [7, 11) is 0. The second-order valence-electron chi connectivity index (χ2n) is 6.07. The summed E-state index contributed by atoms with van der Waals surface area (Å²) in [6.07, 6.45) is 1.71. The van der Waals surface area contributed by atoms with E-state index in [9.17, 15) is 9.59 Å². The Morgan fingerprint density at radius 2 is 1.68 bits per heavy atom. The third-order valence-corrected chi connectivity index (χ3v) is 5.27. The third kappa shape index (κ3) is 10.2. The van der Waals surface area contributed by atoms with E-state index >= 15 is 0 Å². The van der Waals surface area contributed by atoms with Gasteiger partial charge in [0.2, 0.25) is 10.2 Å². The van der Waals surface area contributed by atoms with E-state index in [2.05, 4.69) is 13.2 Å². The molecule has 0 rings (SSSR count). The molecular formula is C17H28O3S2. The van der Waals surface area contributed by atoms with Crippen LogP contribution in [0.1, 0.15) is 47.5 Å². The van der Waals surface area contributed by atoms with Crippen molar-refractivity contribution >= 4 is 33.8 Å². The van der Waals surface area contributed by atoms with E-state index in [0.717, 1.165) is 18.6 Å². The lowest BCUT2D eigenvalue weighted by Crippen LogP contribution is -2.22. The first-order chi connectivity index (χ1) is 10.0. The van der Waals surface area contributed by atoms with Crippen LogP contribution in [0.15, 0.2) is 24.3 Å². The summed E-state index contributed by atoms with van der Waals surface area (Å²) in [5, 5.41) is 0.0794. The largest absolute Gasteiger partial charge is 0.378 e. The number of carbonyl (C=O) groups excluding carboxylic acids is 2. The van der Waals surface area contributed by atoms with E-state index in [0.29, 0.717) is 17.8 Å². The maximum atomic E-state index is 11.7. The highest BCUT2D eigenvalue weighted by Crippen LogP contribution is 2.30. The van der Waals surface area contributed by atoms with Gasteiger partial charge in [-0.05, 0) is 44.8 Å². The van der Waals surface area contributed by atoms with Gasteiger partial charge in [0.05, 0.1) is 6.10 Å². The molecule has 0 aromatic rings. The minimum absolute atomic E-state index is 0.0350. The van der Waals surface area contributed by atoms with Gasteiger partial charge < -0.3 is 4.74 Å². The first kappa shape index (κ1) is 21.5. The highest BCUT2D eigenvalue weighted by molar-refractivity contribution is 8.15. The molecule has 0 fully saturated rings. The predicted molar refractivity (Wildman–Crippen MR) is 98.4 cm³/mol. The van der Waals surface area contributed by atoms with E-state index in [1.54, 1.807) is 13.8 Å². The molecule has 0 aliphatic rings. The van der Waals surface area contributed by atoms with Crippen LogP contribution < -0.4 is 0 Å². The summed E-state index contributed by atoms with van der Waals surface area (Å²) in [5.41, 5.74) is 1.16. The number of thioether (sulfide) groups is 2. The molecule has 1 atom stereocenters. The molecular weight excluding hydrogens is 316 g/mol. The van der Waals surface area contributed by atoms with Crippen molar-refractivity contribution in [1.82, 2.24) is 0 Å². The maximum Gasteiger partial charge on any atom is 0.214 e. The van der Waals surface area contributed by atoms with Gasteiger partial charge in [-0.25, -0.2) is 0 Å². The van der Waals surface area contributed by atoms with Gasteiger partial charge in [0.1, 0.15) is 0 Å². The first-order valence-electron chi connectivity index (χ1n) is 7.38. The fourth-order valence-electron chi connectivity index (χ4n) is 1.42. The van der Waals surface area contributed by atoms with Crippen molar-refractivity contribution in [3.8, 4) is 0 Å². The van der Waals surface area contributed by atoms with Crippen molar-refractivity contribution in [2.24, 2.45) is 0 Å². The molecule has 0 aromatic heterocycles. The number of hydrogen-bond donors (Lipinski definition) is 0. The lowest BCUT2D eigenvalue weighted by molar-refractivity contribution is -0.108. The number of rotatable bonds is 10. The van der Waals surface area contributed by atoms with Gasteiger partial charge in [-0.1, -0.05) is 50.5 Å². The lowest BCUT2D eigenvalue weighted by atomic mass is 10.1. The Bertz CT molecular complexity index is 428. The van der Waals surface area contributed by atoms with Gasteiger partial charge in [0.15, 0.2) is 0 Å². The molecule has 0 aromatic carbocycles. The van der Waals surface area contributed by atoms with Crippen molar-refractivity contribution in [1.29, 1.82) is 0 Å². The van der Waals surface area contributed by atoms with E-state index in [-0.39, 0.29) is 21.1 Å². The minimum Gasteiger partial charge on any atom is -0.378 e. The predicted octanol–water partition coefficient (Wildman–Crippen LogP) is 4.62. The van der Waals surface area contributed by atoms with Crippen LogP contribution >= 0.6 is 23.5 Å². The van der Waals surface area contributed by atoms with Crippen LogP contribution in [0.5, 0.6) is 0 Å². The second-order valence-corrected chi connectivity index (χ2v) is 8.81. The molecule has 0 radical (unpaired) electrons. The SMILES string of the molecule is C=C(C)C(=O)SCCC(C)OCCC(C)(C)SC(=O)C(=C)C. The Morgan fingerprint density at radius 1 is 1.14 bits per heavy atom. The molecule has 0 amide bonds.